The second-order valence-corrected chi connectivity index (χ2v) is 11.1. The maximum Gasteiger partial charge on any atom is 0.472 e. The number of esters is 1. The number of unbranched alkanes of at least 4 members (excludes halogenated alkanes) is 15. The van der Waals surface area contributed by atoms with Crippen LogP contribution in [-0.4, -0.2) is 49.9 Å². The maximum atomic E-state index is 12.1. The standard InChI is InChI=1S/C27H56NO7P/c1-3-5-7-8-9-10-11-12-13-14-15-16-17-19-22-32-24-26(35-27(29)20-18-6-4-2)25-34-36(30,31)33-23-21-28/h26H,3-25,28H2,1-2H3,(H,30,31). The average Bonchev–Trinajstić information content (AvgIpc) is 2.86. The van der Waals surface area contributed by atoms with Gasteiger partial charge in [0.2, 0.25) is 0 Å². The number of phosphoric ester groups is 1. The molecule has 0 aromatic rings. The zero-order valence-electron chi connectivity index (χ0n) is 23.3. The molecule has 0 aliphatic rings. The van der Waals surface area contributed by atoms with Gasteiger partial charge in [0.15, 0.2) is 0 Å². The second-order valence-electron chi connectivity index (χ2n) is 9.63. The van der Waals surface area contributed by atoms with Crippen molar-refractivity contribution >= 4 is 13.8 Å². The first kappa shape index (κ1) is 35.5. The topological polar surface area (TPSA) is 117 Å². The lowest BCUT2D eigenvalue weighted by atomic mass is 10.0. The summed E-state index contributed by atoms with van der Waals surface area (Å²) in [4.78, 5) is 21.8. The molecular formula is C27H56NO7P. The number of hydrogen-bond acceptors (Lipinski definition) is 7. The van der Waals surface area contributed by atoms with E-state index in [2.05, 4.69) is 13.8 Å². The highest BCUT2D eigenvalue weighted by Crippen LogP contribution is 2.43. The van der Waals surface area contributed by atoms with Gasteiger partial charge in [0.1, 0.15) is 6.10 Å². The number of carbonyl (C=O) groups excluding carboxylic acids is 1. The Morgan fingerprint density at radius 3 is 1.75 bits per heavy atom. The lowest BCUT2D eigenvalue weighted by Gasteiger charge is -2.20. The Kier molecular flexibility index (Phi) is 25.8. The van der Waals surface area contributed by atoms with Crippen LogP contribution in [0, 0.1) is 0 Å². The molecule has 0 bridgehead atoms. The molecular weight excluding hydrogens is 481 g/mol. The van der Waals surface area contributed by atoms with E-state index in [1.54, 1.807) is 0 Å². The fourth-order valence-electron chi connectivity index (χ4n) is 3.88. The van der Waals surface area contributed by atoms with Gasteiger partial charge >= 0.3 is 13.8 Å². The third-order valence-electron chi connectivity index (χ3n) is 6.02. The summed E-state index contributed by atoms with van der Waals surface area (Å²) in [6, 6.07) is 0. The Bertz CT molecular complexity index is 536. The van der Waals surface area contributed by atoms with Gasteiger partial charge in [-0.05, 0) is 12.8 Å². The minimum atomic E-state index is -4.24. The molecule has 216 valence electrons. The normalized spacial score (nSPS) is 14.0. The first-order chi connectivity index (χ1) is 17.4. The number of phosphoric acid groups is 1. The largest absolute Gasteiger partial charge is 0.472 e. The predicted octanol–water partition coefficient (Wildman–Crippen LogP) is 7.07. The minimum absolute atomic E-state index is 0.0924. The smallest absolute Gasteiger partial charge is 0.457 e. The summed E-state index contributed by atoms with van der Waals surface area (Å²) in [6.45, 7) is 4.74. The molecule has 2 unspecified atom stereocenters. The van der Waals surface area contributed by atoms with Crippen LogP contribution in [0.5, 0.6) is 0 Å². The number of nitrogens with two attached hydrogens (primary N) is 1. The molecule has 8 nitrogen and oxygen atoms in total. The molecule has 0 heterocycles. The lowest BCUT2D eigenvalue weighted by molar-refractivity contribution is -0.154. The fraction of sp³-hybridized carbons (Fsp3) is 0.963. The molecule has 0 aliphatic carbocycles. The van der Waals surface area contributed by atoms with Crippen LogP contribution in [0.3, 0.4) is 0 Å². The second kappa shape index (κ2) is 26.1. The van der Waals surface area contributed by atoms with Gasteiger partial charge in [-0.25, -0.2) is 4.57 Å². The van der Waals surface area contributed by atoms with Gasteiger partial charge in [0, 0.05) is 19.6 Å². The van der Waals surface area contributed by atoms with Crippen molar-refractivity contribution in [1.82, 2.24) is 0 Å². The van der Waals surface area contributed by atoms with Crippen LogP contribution in [0.1, 0.15) is 129 Å². The van der Waals surface area contributed by atoms with Gasteiger partial charge in [-0.2, -0.15) is 0 Å². The molecule has 0 fully saturated rings. The average molecular weight is 538 g/mol. The zero-order valence-corrected chi connectivity index (χ0v) is 24.2. The predicted molar refractivity (Wildman–Crippen MR) is 146 cm³/mol. The Labute approximate surface area is 221 Å². The van der Waals surface area contributed by atoms with Crippen molar-refractivity contribution in [3.05, 3.63) is 0 Å². The summed E-state index contributed by atoms with van der Waals surface area (Å²) in [5, 5.41) is 0. The van der Waals surface area contributed by atoms with E-state index in [0.717, 1.165) is 32.1 Å². The van der Waals surface area contributed by atoms with E-state index in [1.165, 1.54) is 77.0 Å². The van der Waals surface area contributed by atoms with Crippen molar-refractivity contribution in [2.75, 3.05) is 33.0 Å². The lowest BCUT2D eigenvalue weighted by Crippen LogP contribution is -2.28. The number of carbonyl (C=O) groups is 1. The van der Waals surface area contributed by atoms with Crippen molar-refractivity contribution in [2.24, 2.45) is 5.73 Å². The van der Waals surface area contributed by atoms with E-state index in [4.69, 9.17) is 24.3 Å². The maximum absolute atomic E-state index is 12.1. The summed E-state index contributed by atoms with van der Waals surface area (Å²) in [7, 11) is -4.24. The Morgan fingerprint density at radius 1 is 0.722 bits per heavy atom. The molecule has 2 atom stereocenters. The molecule has 9 heteroatoms. The van der Waals surface area contributed by atoms with Gasteiger partial charge in [-0.1, -0.05) is 110 Å². The minimum Gasteiger partial charge on any atom is -0.457 e. The van der Waals surface area contributed by atoms with Crippen LogP contribution < -0.4 is 5.73 Å². The van der Waals surface area contributed by atoms with E-state index >= 15 is 0 Å². The Morgan fingerprint density at radius 2 is 1.22 bits per heavy atom. The van der Waals surface area contributed by atoms with Crippen LogP contribution >= 0.6 is 7.82 Å². The van der Waals surface area contributed by atoms with Crippen LogP contribution in [0.25, 0.3) is 0 Å². The number of rotatable bonds is 28. The quantitative estimate of drug-likeness (QED) is 0.0618. The van der Waals surface area contributed by atoms with E-state index in [-0.39, 0.29) is 32.3 Å². The highest BCUT2D eigenvalue weighted by Gasteiger charge is 2.25. The van der Waals surface area contributed by atoms with Gasteiger partial charge < -0.3 is 20.1 Å². The van der Waals surface area contributed by atoms with Crippen molar-refractivity contribution < 1.29 is 32.8 Å². The highest BCUT2D eigenvalue weighted by atomic mass is 31.2. The van der Waals surface area contributed by atoms with Crippen LogP contribution in [0.4, 0.5) is 0 Å². The molecule has 36 heavy (non-hydrogen) atoms. The van der Waals surface area contributed by atoms with Crippen molar-refractivity contribution in [3.63, 3.8) is 0 Å². The fourth-order valence-corrected chi connectivity index (χ4v) is 4.64. The summed E-state index contributed by atoms with van der Waals surface area (Å²) in [5.41, 5.74) is 5.29. The van der Waals surface area contributed by atoms with Crippen LogP contribution in [0.2, 0.25) is 0 Å². The van der Waals surface area contributed by atoms with Crippen molar-refractivity contribution in [3.8, 4) is 0 Å². The van der Waals surface area contributed by atoms with Gasteiger partial charge in [0.25, 0.3) is 0 Å². The zero-order chi connectivity index (χ0) is 26.7. The highest BCUT2D eigenvalue weighted by molar-refractivity contribution is 7.47. The van der Waals surface area contributed by atoms with Gasteiger partial charge in [-0.3, -0.25) is 13.8 Å². The third-order valence-corrected chi connectivity index (χ3v) is 7.01. The van der Waals surface area contributed by atoms with Crippen molar-refractivity contribution in [1.29, 1.82) is 0 Å². The summed E-state index contributed by atoms with van der Waals surface area (Å²) < 4.78 is 32.7. The molecule has 0 aromatic heterocycles. The molecule has 3 N–H and O–H groups in total. The SMILES string of the molecule is CCCCCCCCCCCCCCCCOCC(COP(=O)(O)OCCN)OC(=O)CCCCC. The molecule has 0 rings (SSSR count). The molecule has 0 aliphatic heterocycles. The van der Waals surface area contributed by atoms with Crippen molar-refractivity contribution in [2.45, 2.75) is 136 Å². The molecule has 0 aromatic carbocycles. The van der Waals surface area contributed by atoms with Crippen LogP contribution in [0.15, 0.2) is 0 Å². The van der Waals surface area contributed by atoms with Crippen LogP contribution in [-0.2, 0) is 27.9 Å². The Hall–Kier alpha value is -0.500. The number of hydrogen-bond donors (Lipinski definition) is 2. The first-order valence-electron chi connectivity index (χ1n) is 14.5. The van der Waals surface area contributed by atoms with E-state index < -0.39 is 13.9 Å². The molecule has 0 saturated heterocycles. The molecule has 0 saturated carbocycles. The number of ether oxygens (including phenoxy) is 2. The molecule has 0 amide bonds. The first-order valence-corrected chi connectivity index (χ1v) is 16.0. The van der Waals surface area contributed by atoms with Gasteiger partial charge in [-0.15, -0.1) is 0 Å². The molecule has 0 radical (unpaired) electrons. The van der Waals surface area contributed by atoms with E-state index in [9.17, 15) is 14.3 Å². The van der Waals surface area contributed by atoms with E-state index in [1.807, 2.05) is 0 Å². The Balaban J connectivity index is 3.93. The van der Waals surface area contributed by atoms with E-state index in [0.29, 0.717) is 13.0 Å². The summed E-state index contributed by atoms with van der Waals surface area (Å²) >= 11 is 0. The summed E-state index contributed by atoms with van der Waals surface area (Å²) in [5.74, 6) is -0.354. The third kappa shape index (κ3) is 25.2. The summed E-state index contributed by atoms with van der Waals surface area (Å²) in [6.07, 6.45) is 20.4. The van der Waals surface area contributed by atoms with Gasteiger partial charge in [0.05, 0.1) is 19.8 Å². The molecule has 0 spiro atoms. The monoisotopic (exact) mass is 537 g/mol.